The summed E-state index contributed by atoms with van der Waals surface area (Å²) >= 11 is 5.96. The van der Waals surface area contributed by atoms with Crippen LogP contribution in [0.2, 0.25) is 5.02 Å². The fourth-order valence-electron chi connectivity index (χ4n) is 4.34. The minimum Gasteiger partial charge on any atom is -0.384 e. The number of rotatable bonds is 7. The van der Waals surface area contributed by atoms with Crippen LogP contribution >= 0.6 is 11.6 Å². The Morgan fingerprint density at radius 3 is 2.36 bits per heavy atom. The van der Waals surface area contributed by atoms with E-state index in [1.165, 1.54) is 12.1 Å². The van der Waals surface area contributed by atoms with E-state index in [-0.39, 0.29) is 29.0 Å². The summed E-state index contributed by atoms with van der Waals surface area (Å²) in [5.41, 5.74) is -0.659. The zero-order chi connectivity index (χ0) is 28.6. The van der Waals surface area contributed by atoms with E-state index in [9.17, 15) is 35.9 Å². The van der Waals surface area contributed by atoms with Crippen LogP contribution < -0.4 is 5.32 Å². The third-order valence-corrected chi connectivity index (χ3v) is 6.52. The highest BCUT2D eigenvalue weighted by Crippen LogP contribution is 2.41. The summed E-state index contributed by atoms with van der Waals surface area (Å²) in [6.45, 7) is 0.118. The number of benzene rings is 3. The largest absolute Gasteiger partial charge is 0.416 e. The molecule has 0 fully saturated rings. The van der Waals surface area contributed by atoms with Gasteiger partial charge in [0.05, 0.1) is 11.3 Å². The molecule has 0 saturated heterocycles. The van der Waals surface area contributed by atoms with Gasteiger partial charge in [-0.15, -0.1) is 0 Å². The van der Waals surface area contributed by atoms with Crippen molar-refractivity contribution in [3.63, 3.8) is 0 Å². The van der Waals surface area contributed by atoms with Crippen LogP contribution in [-0.4, -0.2) is 30.1 Å². The Labute approximate surface area is 223 Å². The van der Waals surface area contributed by atoms with E-state index in [0.29, 0.717) is 22.0 Å². The molecular weight excluding hydrogens is 550 g/mol. The standard InChI is InChI=1S/C27H21ClF6N2O3/c1-25(15-10-16(27(32,33)34)12-17(28)11-15)13-22(36-39-25)20-6-7-21(19-5-3-2-4-18(19)20)23(37)8-9-24(38)35-14-26(29,30)31/h2-7,10-12H,8-9,13-14H2,1H3,(H,35,38). The molecule has 0 aliphatic carbocycles. The Hall–Kier alpha value is -3.60. The van der Waals surface area contributed by atoms with Gasteiger partial charge in [-0.3, -0.25) is 9.59 Å². The van der Waals surface area contributed by atoms with E-state index in [1.54, 1.807) is 42.6 Å². The SMILES string of the molecule is CC1(c2cc(Cl)cc(C(F)(F)F)c2)CC(c2ccc(C(=O)CCC(=O)NCC(F)(F)F)c3ccccc23)=NO1. The zero-order valence-corrected chi connectivity index (χ0v) is 21.1. The number of nitrogens with zero attached hydrogens (tertiary/aromatic N) is 1. The Morgan fingerprint density at radius 1 is 1.00 bits per heavy atom. The van der Waals surface area contributed by atoms with Crippen LogP contribution in [-0.2, 0) is 21.4 Å². The summed E-state index contributed by atoms with van der Waals surface area (Å²) in [7, 11) is 0. The molecule has 1 heterocycles. The number of nitrogens with one attached hydrogen (secondary N) is 1. The number of oxime groups is 1. The van der Waals surface area contributed by atoms with E-state index in [1.807, 2.05) is 0 Å². The second-order valence-electron chi connectivity index (χ2n) is 9.28. The third kappa shape index (κ3) is 6.52. The Bertz CT molecular complexity index is 1470. The number of hydrogen-bond acceptors (Lipinski definition) is 4. The van der Waals surface area contributed by atoms with Crippen molar-refractivity contribution in [2.45, 2.75) is 44.1 Å². The molecule has 5 nitrogen and oxygen atoms in total. The van der Waals surface area contributed by atoms with Gasteiger partial charge in [-0.1, -0.05) is 53.2 Å². The summed E-state index contributed by atoms with van der Waals surface area (Å²) in [6.07, 6.45) is -9.76. The first kappa shape index (κ1) is 28.4. The molecule has 3 aromatic carbocycles. The van der Waals surface area contributed by atoms with E-state index >= 15 is 0 Å². The van der Waals surface area contributed by atoms with Gasteiger partial charge in [-0.05, 0) is 35.9 Å². The number of carbonyl (C=O) groups is 2. The highest BCUT2D eigenvalue weighted by Gasteiger charge is 2.40. The van der Waals surface area contributed by atoms with Crippen molar-refractivity contribution in [2.75, 3.05) is 6.54 Å². The van der Waals surface area contributed by atoms with Gasteiger partial charge in [0.25, 0.3) is 0 Å². The highest BCUT2D eigenvalue weighted by molar-refractivity contribution is 6.30. The maximum absolute atomic E-state index is 13.3. The third-order valence-electron chi connectivity index (χ3n) is 6.30. The normalized spacial score (nSPS) is 17.6. The predicted molar refractivity (Wildman–Crippen MR) is 133 cm³/mol. The molecule has 39 heavy (non-hydrogen) atoms. The zero-order valence-electron chi connectivity index (χ0n) is 20.3. The number of carbonyl (C=O) groups excluding carboxylic acids is 2. The molecule has 1 aliphatic rings. The van der Waals surface area contributed by atoms with E-state index < -0.39 is 48.2 Å². The molecule has 0 spiro atoms. The second kappa shape index (κ2) is 10.5. The average molecular weight is 571 g/mol. The number of alkyl halides is 6. The van der Waals surface area contributed by atoms with Crippen LogP contribution in [0.15, 0.2) is 59.8 Å². The minimum absolute atomic E-state index is 0.0986. The van der Waals surface area contributed by atoms with Gasteiger partial charge >= 0.3 is 12.4 Å². The van der Waals surface area contributed by atoms with Crippen LogP contribution in [0.4, 0.5) is 26.3 Å². The fourth-order valence-corrected chi connectivity index (χ4v) is 4.58. The lowest BCUT2D eigenvalue weighted by atomic mass is 9.86. The first-order chi connectivity index (χ1) is 18.2. The second-order valence-corrected chi connectivity index (χ2v) is 9.72. The molecule has 206 valence electrons. The first-order valence-corrected chi connectivity index (χ1v) is 12.1. The lowest BCUT2D eigenvalue weighted by Crippen LogP contribution is -2.33. The van der Waals surface area contributed by atoms with Gasteiger partial charge in [0.2, 0.25) is 5.91 Å². The monoisotopic (exact) mass is 570 g/mol. The number of Topliss-reactive ketones (excluding diaryl/α,β-unsaturated/α-hetero) is 1. The molecule has 0 aromatic heterocycles. The van der Waals surface area contributed by atoms with Crippen molar-refractivity contribution in [1.29, 1.82) is 0 Å². The van der Waals surface area contributed by atoms with Gasteiger partial charge < -0.3 is 10.2 Å². The van der Waals surface area contributed by atoms with Crippen molar-refractivity contribution in [1.82, 2.24) is 5.32 Å². The van der Waals surface area contributed by atoms with Gasteiger partial charge in [0.15, 0.2) is 11.4 Å². The molecule has 1 amide bonds. The van der Waals surface area contributed by atoms with Crippen LogP contribution in [0, 0.1) is 0 Å². The number of halogens is 7. The number of ketones is 1. The molecule has 12 heteroatoms. The van der Waals surface area contributed by atoms with Crippen LogP contribution in [0.3, 0.4) is 0 Å². The number of amides is 1. The van der Waals surface area contributed by atoms with Gasteiger partial charge in [-0.25, -0.2) is 0 Å². The molecule has 1 N–H and O–H groups in total. The van der Waals surface area contributed by atoms with Gasteiger partial charge in [0.1, 0.15) is 6.54 Å². The molecule has 1 aliphatic heterocycles. The minimum atomic E-state index is -4.60. The molecule has 3 aromatic rings. The number of hydrogen-bond donors (Lipinski definition) is 1. The van der Waals surface area contributed by atoms with E-state index in [4.69, 9.17) is 16.4 Å². The molecule has 0 saturated carbocycles. The maximum atomic E-state index is 13.3. The summed E-state index contributed by atoms with van der Waals surface area (Å²) in [6, 6.07) is 13.2. The van der Waals surface area contributed by atoms with Gasteiger partial charge in [0, 0.05) is 41.0 Å². The van der Waals surface area contributed by atoms with Crippen LogP contribution in [0.25, 0.3) is 10.8 Å². The van der Waals surface area contributed by atoms with Crippen LogP contribution in [0.1, 0.15) is 53.2 Å². The summed E-state index contributed by atoms with van der Waals surface area (Å²) in [5, 5.41) is 6.91. The Kier molecular flexibility index (Phi) is 7.66. The highest BCUT2D eigenvalue weighted by atomic mass is 35.5. The maximum Gasteiger partial charge on any atom is 0.416 e. The lowest BCUT2D eigenvalue weighted by molar-refractivity contribution is -0.138. The molecule has 4 rings (SSSR count). The van der Waals surface area contributed by atoms with Crippen molar-refractivity contribution in [2.24, 2.45) is 5.16 Å². The fraction of sp³-hybridized carbons (Fsp3) is 0.296. The topological polar surface area (TPSA) is 67.8 Å². The van der Waals surface area contributed by atoms with Crippen molar-refractivity contribution in [3.05, 3.63) is 81.9 Å². The van der Waals surface area contributed by atoms with Crippen molar-refractivity contribution < 1.29 is 40.8 Å². The van der Waals surface area contributed by atoms with Crippen molar-refractivity contribution >= 4 is 39.8 Å². The quantitative estimate of drug-likeness (QED) is 0.241. The molecule has 0 bridgehead atoms. The molecule has 0 radical (unpaired) electrons. The van der Waals surface area contributed by atoms with E-state index in [2.05, 4.69) is 5.16 Å². The molecule has 1 unspecified atom stereocenters. The lowest BCUT2D eigenvalue weighted by Gasteiger charge is -2.23. The van der Waals surface area contributed by atoms with Crippen molar-refractivity contribution in [3.8, 4) is 0 Å². The summed E-state index contributed by atoms with van der Waals surface area (Å²) in [5.74, 6) is -1.33. The average Bonchev–Trinajstić information content (AvgIpc) is 3.27. The predicted octanol–water partition coefficient (Wildman–Crippen LogP) is 7.19. The van der Waals surface area contributed by atoms with E-state index in [0.717, 1.165) is 12.1 Å². The van der Waals surface area contributed by atoms with Crippen LogP contribution in [0.5, 0.6) is 0 Å². The first-order valence-electron chi connectivity index (χ1n) is 11.7. The number of fused-ring (bicyclic) bond motifs is 1. The summed E-state index contributed by atoms with van der Waals surface area (Å²) in [4.78, 5) is 30.2. The molecule has 1 atom stereocenters. The van der Waals surface area contributed by atoms with Gasteiger partial charge in [-0.2, -0.15) is 26.3 Å². The molecular formula is C27H21ClF6N2O3. The Morgan fingerprint density at radius 2 is 1.69 bits per heavy atom. The summed E-state index contributed by atoms with van der Waals surface area (Å²) < 4.78 is 76.9. The Balaban J connectivity index is 1.56. The smallest absolute Gasteiger partial charge is 0.384 e.